The molecule has 0 saturated heterocycles. The van der Waals surface area contributed by atoms with Crippen molar-refractivity contribution >= 4 is 29.0 Å². The number of carbonyl (C=O) groups excluding carboxylic acids is 3. The van der Waals surface area contributed by atoms with Crippen LogP contribution in [-0.4, -0.2) is 47.5 Å². The lowest BCUT2D eigenvalue weighted by Gasteiger charge is -2.39. The number of nitrogens with one attached hydrogen (secondary N) is 2. The number of aliphatic hydroxyl groups excluding tert-OH is 1. The number of aliphatic hydroxyl groups is 1. The highest BCUT2D eigenvalue weighted by molar-refractivity contribution is 5.97. The molecule has 0 saturated carbocycles. The molecule has 1 atom stereocenters. The number of rotatable bonds is 14. The monoisotopic (exact) mass is 698 g/mol. The van der Waals surface area contributed by atoms with Crippen molar-refractivity contribution in [2.45, 2.75) is 50.1 Å². The van der Waals surface area contributed by atoms with E-state index in [4.69, 9.17) is 10.8 Å². The highest BCUT2D eigenvalue weighted by Gasteiger charge is 2.37. The molecule has 5 N–H and O–H groups in total. The first-order chi connectivity index (χ1) is 25.4. The topological polar surface area (TPSA) is 126 Å². The number of aryl methyl sites for hydroxylation is 1. The maximum atomic E-state index is 12.3. The van der Waals surface area contributed by atoms with Gasteiger partial charge in [0.05, 0.1) is 5.54 Å². The third kappa shape index (κ3) is 10.0. The van der Waals surface area contributed by atoms with Gasteiger partial charge in [-0.15, -0.1) is 0 Å². The summed E-state index contributed by atoms with van der Waals surface area (Å²) in [5.74, 6) is -0.855. The van der Waals surface area contributed by atoms with Gasteiger partial charge in [-0.05, 0) is 72.7 Å². The van der Waals surface area contributed by atoms with Crippen molar-refractivity contribution < 1.29 is 19.5 Å². The second kappa shape index (κ2) is 20.3. The van der Waals surface area contributed by atoms with Gasteiger partial charge >= 0.3 is 0 Å². The van der Waals surface area contributed by atoms with Gasteiger partial charge in [-0.1, -0.05) is 115 Å². The van der Waals surface area contributed by atoms with Gasteiger partial charge in [0.15, 0.2) is 0 Å². The standard InChI is InChI=1S/C24H27NO.C19H19N3O2.CH4O/c26-20-12-4-11-19-25-24(21-13-5-1-6-14-21,22-15-7-2-8-16-22)23-17-9-3-10-18-23;1-22-12-14(15-9-5-6-10-17(15)22)11-16(18(20)23)21-19(24)13-7-3-2-4-8-13;1-2/h1-3,5-9,13-17,20,25H,4,10-12,18-19H2;2-10,12,16H,11H2,1H3,(H2,20,23)(H,21,24);2H,1H3. The number of hydrogen-bond donors (Lipinski definition) is 4. The Balaban J connectivity index is 0.000000223. The Bertz CT molecular complexity index is 1880. The highest BCUT2D eigenvalue weighted by Crippen LogP contribution is 2.40. The Hall–Kier alpha value is -5.57. The van der Waals surface area contributed by atoms with Crippen molar-refractivity contribution in [1.82, 2.24) is 15.2 Å². The summed E-state index contributed by atoms with van der Waals surface area (Å²) in [5.41, 5.74) is 11.7. The second-order valence-corrected chi connectivity index (χ2v) is 12.5. The SMILES string of the molecule is CO.Cn1cc(CC(NC(=O)c2ccccc2)C(N)=O)c2ccccc21.O=CCCCCNC(C1=CC=CCC1)(c1ccccc1)c1ccccc1. The van der Waals surface area contributed by atoms with E-state index in [2.05, 4.69) is 89.5 Å². The maximum absolute atomic E-state index is 12.3. The zero-order valence-electron chi connectivity index (χ0n) is 30.1. The van der Waals surface area contributed by atoms with E-state index in [1.54, 1.807) is 24.3 Å². The van der Waals surface area contributed by atoms with Crippen molar-refractivity contribution in [3.8, 4) is 0 Å². The first-order valence-electron chi connectivity index (χ1n) is 17.7. The fraction of sp³-hybridized carbons (Fsp3) is 0.250. The Labute approximate surface area is 307 Å². The Morgan fingerprint density at radius 2 is 1.46 bits per heavy atom. The third-order valence-corrected chi connectivity index (χ3v) is 9.14. The number of amides is 2. The lowest BCUT2D eigenvalue weighted by atomic mass is 9.74. The molecular formula is C44H50N4O4. The number of fused-ring (bicyclic) bond motifs is 1. The Morgan fingerprint density at radius 3 is 2.04 bits per heavy atom. The van der Waals surface area contributed by atoms with E-state index in [9.17, 15) is 14.4 Å². The average Bonchev–Trinajstić information content (AvgIpc) is 3.52. The average molecular weight is 699 g/mol. The van der Waals surface area contributed by atoms with Gasteiger partial charge in [0.25, 0.3) is 5.91 Å². The predicted octanol–water partition coefficient (Wildman–Crippen LogP) is 6.78. The summed E-state index contributed by atoms with van der Waals surface area (Å²) in [6, 6.07) is 37.4. The molecule has 5 aromatic rings. The number of unbranched alkanes of at least 4 members (excludes halogenated alkanes) is 2. The number of allylic oxidation sites excluding steroid dienone is 3. The normalized spacial score (nSPS) is 12.7. The highest BCUT2D eigenvalue weighted by atomic mass is 16.2. The first-order valence-corrected chi connectivity index (χ1v) is 17.7. The number of benzene rings is 4. The molecule has 1 aliphatic rings. The maximum Gasteiger partial charge on any atom is 0.251 e. The van der Waals surface area contributed by atoms with E-state index in [-0.39, 0.29) is 11.4 Å². The molecule has 0 fully saturated rings. The molecule has 8 heteroatoms. The van der Waals surface area contributed by atoms with Gasteiger partial charge in [-0.3, -0.25) is 9.59 Å². The van der Waals surface area contributed by atoms with Crippen molar-refractivity contribution in [1.29, 1.82) is 0 Å². The van der Waals surface area contributed by atoms with Crippen molar-refractivity contribution in [2.75, 3.05) is 13.7 Å². The van der Waals surface area contributed by atoms with Crippen molar-refractivity contribution in [2.24, 2.45) is 12.8 Å². The van der Waals surface area contributed by atoms with Crippen molar-refractivity contribution in [3.05, 3.63) is 168 Å². The molecule has 0 bridgehead atoms. The molecule has 1 heterocycles. The Morgan fingerprint density at radius 1 is 0.865 bits per heavy atom. The predicted molar refractivity (Wildman–Crippen MR) is 210 cm³/mol. The van der Waals surface area contributed by atoms with E-state index < -0.39 is 11.9 Å². The van der Waals surface area contributed by atoms with Gasteiger partial charge in [-0.2, -0.15) is 0 Å². The zero-order valence-corrected chi connectivity index (χ0v) is 30.1. The van der Waals surface area contributed by atoms with Crippen LogP contribution in [0.5, 0.6) is 0 Å². The smallest absolute Gasteiger partial charge is 0.251 e. The molecule has 1 unspecified atom stereocenters. The molecule has 0 aliphatic heterocycles. The van der Waals surface area contributed by atoms with Crippen LogP contribution in [0.15, 0.2) is 145 Å². The van der Waals surface area contributed by atoms with Gasteiger partial charge in [0.1, 0.15) is 12.3 Å². The van der Waals surface area contributed by atoms with E-state index in [0.29, 0.717) is 18.4 Å². The fourth-order valence-corrected chi connectivity index (χ4v) is 6.64. The minimum atomic E-state index is -0.761. The van der Waals surface area contributed by atoms with Crippen LogP contribution in [0.25, 0.3) is 10.9 Å². The lowest BCUT2D eigenvalue weighted by molar-refractivity contribution is -0.119. The number of hydrogen-bond acceptors (Lipinski definition) is 5. The first kappa shape index (κ1) is 39.2. The fourth-order valence-electron chi connectivity index (χ4n) is 6.64. The number of carbonyl (C=O) groups is 3. The van der Waals surface area contributed by atoms with Crippen LogP contribution >= 0.6 is 0 Å². The second-order valence-electron chi connectivity index (χ2n) is 12.5. The number of aromatic nitrogens is 1. The molecular weight excluding hydrogens is 649 g/mol. The zero-order chi connectivity index (χ0) is 37.2. The van der Waals surface area contributed by atoms with Crippen LogP contribution in [0.3, 0.4) is 0 Å². The van der Waals surface area contributed by atoms with Crippen LogP contribution in [0.2, 0.25) is 0 Å². The Kier molecular flexibility index (Phi) is 15.3. The minimum absolute atomic E-state index is 0.306. The van der Waals surface area contributed by atoms with Crippen LogP contribution in [0.1, 0.15) is 59.2 Å². The summed E-state index contributed by atoms with van der Waals surface area (Å²) in [6.45, 7) is 0.874. The largest absolute Gasteiger partial charge is 0.400 e. The van der Waals surface area contributed by atoms with Gasteiger partial charge in [0, 0.05) is 49.7 Å². The van der Waals surface area contributed by atoms with Gasteiger partial charge in [-0.25, -0.2) is 0 Å². The number of nitrogens with zero attached hydrogens (tertiary/aromatic N) is 1. The van der Waals surface area contributed by atoms with E-state index in [1.807, 2.05) is 48.1 Å². The number of aldehydes is 1. The number of nitrogens with two attached hydrogens (primary N) is 1. The molecule has 2 amide bonds. The van der Waals surface area contributed by atoms with Crippen LogP contribution in [-0.2, 0) is 28.6 Å². The van der Waals surface area contributed by atoms with Crippen LogP contribution in [0, 0.1) is 0 Å². The van der Waals surface area contributed by atoms with E-state index in [1.165, 1.54) is 16.7 Å². The molecule has 1 aromatic heterocycles. The molecule has 270 valence electrons. The van der Waals surface area contributed by atoms with Crippen LogP contribution in [0.4, 0.5) is 0 Å². The lowest BCUT2D eigenvalue weighted by Crippen LogP contribution is -2.46. The minimum Gasteiger partial charge on any atom is -0.400 e. The van der Waals surface area contributed by atoms with E-state index in [0.717, 1.165) is 62.1 Å². The molecule has 8 nitrogen and oxygen atoms in total. The molecule has 6 rings (SSSR count). The van der Waals surface area contributed by atoms with Gasteiger partial charge < -0.3 is 30.8 Å². The van der Waals surface area contributed by atoms with Crippen molar-refractivity contribution in [3.63, 3.8) is 0 Å². The summed E-state index contributed by atoms with van der Waals surface area (Å²) in [7, 11) is 2.95. The van der Waals surface area contributed by atoms with Crippen LogP contribution < -0.4 is 16.4 Å². The molecule has 0 spiro atoms. The summed E-state index contributed by atoms with van der Waals surface area (Å²) >= 11 is 0. The quantitative estimate of drug-likeness (QED) is 0.0752. The summed E-state index contributed by atoms with van der Waals surface area (Å²) in [4.78, 5) is 34.7. The number of primary amides is 1. The number of para-hydroxylation sites is 1. The summed E-state index contributed by atoms with van der Waals surface area (Å²) in [5, 5.41) is 14.7. The summed E-state index contributed by atoms with van der Waals surface area (Å²) in [6.07, 6.45) is 14.7. The third-order valence-electron chi connectivity index (χ3n) is 9.14. The van der Waals surface area contributed by atoms with E-state index >= 15 is 0 Å². The summed E-state index contributed by atoms with van der Waals surface area (Å²) < 4.78 is 2.00. The molecule has 1 aliphatic carbocycles. The molecule has 0 radical (unpaired) electrons. The molecule has 4 aromatic carbocycles. The molecule has 52 heavy (non-hydrogen) atoms. The van der Waals surface area contributed by atoms with Gasteiger partial charge in [0.2, 0.25) is 5.91 Å².